The van der Waals surface area contributed by atoms with Crippen molar-refractivity contribution in [2.75, 3.05) is 18.1 Å². The van der Waals surface area contributed by atoms with Crippen molar-refractivity contribution < 1.29 is 24.2 Å². The number of rotatable bonds is 6. The summed E-state index contributed by atoms with van der Waals surface area (Å²) >= 11 is 3.47. The largest absolute Gasteiger partial charge is 0.494 e. The van der Waals surface area contributed by atoms with Crippen molar-refractivity contribution in [2.45, 2.75) is 31.4 Å². The van der Waals surface area contributed by atoms with Crippen LogP contribution in [0.2, 0.25) is 0 Å². The summed E-state index contributed by atoms with van der Waals surface area (Å²) < 4.78 is 13.0. The normalized spacial score (nSPS) is 20.6. The number of carbonyl (C=O) groups excluding carboxylic acids is 2. The maximum absolute atomic E-state index is 14.1. The van der Waals surface area contributed by atoms with E-state index in [1.165, 1.54) is 11.8 Å². The number of hydrogen-bond donors (Lipinski definition) is 1. The zero-order valence-corrected chi connectivity index (χ0v) is 21.3. The SMILES string of the molecule is CC(=O)N1C(=O)[C@]2(Cc3ccccc31)N=C(c1ccc(OCCCO)cc1)O[C@@H]2c1ccc(Br)cc1. The van der Waals surface area contributed by atoms with Crippen LogP contribution in [0.3, 0.4) is 0 Å². The molecule has 0 saturated heterocycles. The first-order chi connectivity index (χ1) is 17.4. The molecule has 8 heteroatoms. The first-order valence-corrected chi connectivity index (χ1v) is 12.5. The van der Waals surface area contributed by atoms with Crippen molar-refractivity contribution in [1.29, 1.82) is 0 Å². The Morgan fingerprint density at radius 2 is 1.86 bits per heavy atom. The number of aliphatic hydroxyl groups is 1. The van der Waals surface area contributed by atoms with Crippen molar-refractivity contribution in [3.8, 4) is 5.75 Å². The molecule has 2 heterocycles. The second-order valence-corrected chi connectivity index (χ2v) is 9.72. The van der Waals surface area contributed by atoms with Gasteiger partial charge in [-0.2, -0.15) is 0 Å². The summed E-state index contributed by atoms with van der Waals surface area (Å²) in [6, 6.07) is 22.3. The number of ether oxygens (including phenoxy) is 2. The zero-order chi connectivity index (χ0) is 25.3. The van der Waals surface area contributed by atoms with Crippen LogP contribution < -0.4 is 9.64 Å². The highest BCUT2D eigenvalue weighted by Gasteiger charge is 2.58. The summed E-state index contributed by atoms with van der Waals surface area (Å²) in [6.45, 7) is 1.87. The van der Waals surface area contributed by atoms with Gasteiger partial charge in [-0.05, 0) is 53.6 Å². The molecule has 7 nitrogen and oxygen atoms in total. The summed E-state index contributed by atoms with van der Waals surface area (Å²) in [4.78, 5) is 32.9. The van der Waals surface area contributed by atoms with Gasteiger partial charge in [0.15, 0.2) is 11.6 Å². The number of nitrogens with zero attached hydrogens (tertiary/aromatic N) is 2. The average Bonchev–Trinajstić information content (AvgIpc) is 3.25. The minimum atomic E-state index is -1.33. The second-order valence-electron chi connectivity index (χ2n) is 8.81. The minimum Gasteiger partial charge on any atom is -0.494 e. The quantitative estimate of drug-likeness (QED) is 0.454. The standard InChI is InChI=1S/C28H25BrN2O5/c1-18(33)31-24-6-3-2-5-21(24)17-28(27(31)34)25(19-7-11-22(29)12-8-19)36-26(30-28)20-9-13-23(14-10-20)35-16-4-15-32/h2-3,5-14,25,32H,4,15-17H2,1H3/t25-,28-/m1/s1. The number of imide groups is 1. The molecule has 0 aliphatic carbocycles. The van der Waals surface area contributed by atoms with Gasteiger partial charge in [0.05, 0.1) is 12.3 Å². The fourth-order valence-corrected chi connectivity index (χ4v) is 4.95. The smallest absolute Gasteiger partial charge is 0.266 e. The molecule has 0 radical (unpaired) electrons. The molecular formula is C28H25BrN2O5. The van der Waals surface area contributed by atoms with Crippen molar-refractivity contribution >= 4 is 39.3 Å². The van der Waals surface area contributed by atoms with E-state index in [1.54, 1.807) is 18.2 Å². The third-order valence-electron chi connectivity index (χ3n) is 6.39. The van der Waals surface area contributed by atoms with Gasteiger partial charge in [0.2, 0.25) is 11.8 Å². The lowest BCUT2D eigenvalue weighted by atomic mass is 9.78. The maximum Gasteiger partial charge on any atom is 0.266 e. The zero-order valence-electron chi connectivity index (χ0n) is 19.7. The van der Waals surface area contributed by atoms with Crippen LogP contribution in [0.15, 0.2) is 82.3 Å². The van der Waals surface area contributed by atoms with Crippen LogP contribution in [0.1, 0.15) is 36.1 Å². The van der Waals surface area contributed by atoms with Gasteiger partial charge >= 0.3 is 0 Å². The number of anilines is 1. The number of amides is 2. The molecule has 2 amide bonds. The molecule has 0 unspecified atom stereocenters. The Balaban J connectivity index is 1.58. The van der Waals surface area contributed by atoms with Crippen LogP contribution in [-0.2, 0) is 20.7 Å². The topological polar surface area (TPSA) is 88.4 Å². The second kappa shape index (κ2) is 9.87. The number of halogens is 1. The molecule has 0 saturated carbocycles. The van der Waals surface area contributed by atoms with Crippen molar-refractivity contribution in [1.82, 2.24) is 0 Å². The lowest BCUT2D eigenvalue weighted by Crippen LogP contribution is -2.56. The molecule has 2 atom stereocenters. The van der Waals surface area contributed by atoms with E-state index in [0.717, 1.165) is 15.6 Å². The van der Waals surface area contributed by atoms with Gasteiger partial charge in [-0.15, -0.1) is 0 Å². The van der Waals surface area contributed by atoms with Gasteiger partial charge in [-0.1, -0.05) is 46.3 Å². The number of hydrogen-bond acceptors (Lipinski definition) is 6. The highest BCUT2D eigenvalue weighted by molar-refractivity contribution is 9.10. The van der Waals surface area contributed by atoms with Crippen molar-refractivity contribution in [3.05, 3.63) is 94.0 Å². The molecule has 0 aromatic heterocycles. The van der Waals surface area contributed by atoms with Gasteiger partial charge in [0.1, 0.15) is 5.75 Å². The summed E-state index contributed by atoms with van der Waals surface area (Å²) in [5, 5.41) is 8.96. The number of carbonyl (C=O) groups is 2. The molecule has 36 heavy (non-hydrogen) atoms. The number of benzene rings is 3. The van der Waals surface area contributed by atoms with Gasteiger partial charge in [-0.25, -0.2) is 9.89 Å². The van der Waals surface area contributed by atoms with E-state index in [4.69, 9.17) is 19.6 Å². The molecule has 3 aromatic carbocycles. The Bertz CT molecular complexity index is 1320. The van der Waals surface area contributed by atoms with Gasteiger partial charge in [0.25, 0.3) is 5.91 Å². The summed E-state index contributed by atoms with van der Waals surface area (Å²) in [5.41, 5.74) is 1.60. The lowest BCUT2D eigenvalue weighted by molar-refractivity contribution is -0.131. The van der Waals surface area contributed by atoms with E-state index in [0.29, 0.717) is 42.3 Å². The van der Waals surface area contributed by atoms with Crippen LogP contribution in [0, 0.1) is 0 Å². The van der Waals surface area contributed by atoms with E-state index < -0.39 is 17.6 Å². The van der Waals surface area contributed by atoms with Crippen LogP contribution in [0.25, 0.3) is 0 Å². The van der Waals surface area contributed by atoms with Gasteiger partial charge in [-0.3, -0.25) is 9.59 Å². The molecule has 1 spiro atoms. The first-order valence-electron chi connectivity index (χ1n) is 11.7. The molecule has 0 bridgehead atoms. The predicted octanol–water partition coefficient (Wildman–Crippen LogP) is 4.60. The van der Waals surface area contributed by atoms with Gasteiger partial charge in [0, 0.05) is 36.4 Å². The fraction of sp³-hybridized carbons (Fsp3) is 0.250. The molecule has 2 aliphatic heterocycles. The average molecular weight is 549 g/mol. The maximum atomic E-state index is 14.1. The minimum absolute atomic E-state index is 0.0662. The molecule has 0 fully saturated rings. The summed E-state index contributed by atoms with van der Waals surface area (Å²) in [7, 11) is 0. The number of aliphatic imine (C=N–C) groups is 1. The Morgan fingerprint density at radius 1 is 1.14 bits per heavy atom. The van der Waals surface area contributed by atoms with Gasteiger partial charge < -0.3 is 14.6 Å². The first kappa shape index (κ1) is 24.2. The van der Waals surface area contributed by atoms with E-state index in [9.17, 15) is 9.59 Å². The molecule has 2 aliphatic rings. The van der Waals surface area contributed by atoms with Crippen LogP contribution in [0.5, 0.6) is 5.75 Å². The monoisotopic (exact) mass is 548 g/mol. The van der Waals surface area contributed by atoms with E-state index in [2.05, 4.69) is 15.9 Å². The van der Waals surface area contributed by atoms with Crippen molar-refractivity contribution in [2.24, 2.45) is 4.99 Å². The van der Waals surface area contributed by atoms with Crippen LogP contribution >= 0.6 is 15.9 Å². The third kappa shape index (κ3) is 4.31. The van der Waals surface area contributed by atoms with E-state index in [1.807, 2.05) is 54.6 Å². The molecule has 1 N–H and O–H groups in total. The Labute approximate surface area is 217 Å². The van der Waals surface area contributed by atoms with Crippen molar-refractivity contribution in [3.63, 3.8) is 0 Å². The van der Waals surface area contributed by atoms with Crippen LogP contribution in [0.4, 0.5) is 5.69 Å². The summed E-state index contributed by atoms with van der Waals surface area (Å²) in [6.07, 6.45) is 0.132. The number of para-hydroxylation sites is 1. The highest BCUT2D eigenvalue weighted by Crippen LogP contribution is 2.47. The molecule has 184 valence electrons. The molecule has 5 rings (SSSR count). The van der Waals surface area contributed by atoms with E-state index >= 15 is 0 Å². The Kier molecular flexibility index (Phi) is 6.64. The summed E-state index contributed by atoms with van der Waals surface area (Å²) in [5.74, 6) is 0.228. The lowest BCUT2D eigenvalue weighted by Gasteiger charge is -2.39. The highest BCUT2D eigenvalue weighted by atomic mass is 79.9. The van der Waals surface area contributed by atoms with E-state index in [-0.39, 0.29) is 12.5 Å². The molecular weight excluding hydrogens is 524 g/mol. The third-order valence-corrected chi connectivity index (χ3v) is 6.92. The number of fused-ring (bicyclic) bond motifs is 1. The number of aliphatic hydroxyl groups excluding tert-OH is 1. The Morgan fingerprint density at radius 3 is 2.56 bits per heavy atom. The van der Waals surface area contributed by atoms with Crippen LogP contribution in [-0.4, -0.2) is 41.6 Å². The predicted molar refractivity (Wildman–Crippen MR) is 139 cm³/mol. The molecule has 3 aromatic rings. The Hall–Kier alpha value is -3.49. The fourth-order valence-electron chi connectivity index (χ4n) is 4.69.